The fourth-order valence-electron chi connectivity index (χ4n) is 7.33. The molecule has 1 aromatic heterocycles. The zero-order valence-corrected chi connectivity index (χ0v) is 32.8. The van der Waals surface area contributed by atoms with Gasteiger partial charge in [0.1, 0.15) is 23.1 Å². The minimum Gasteiger partial charge on any atom is -0.481 e. The summed E-state index contributed by atoms with van der Waals surface area (Å²) in [7, 11) is 0. The molecule has 0 spiro atoms. The van der Waals surface area contributed by atoms with Gasteiger partial charge in [-0.25, -0.2) is 4.39 Å². The van der Waals surface area contributed by atoms with Crippen molar-refractivity contribution in [3.05, 3.63) is 91.1 Å². The lowest BCUT2D eigenvalue weighted by Crippen LogP contribution is -2.50. The molecule has 3 N–H and O–H groups in total. The molecular formula is C40H49ClF4N4O6. The first-order valence-corrected chi connectivity index (χ1v) is 18.6. The van der Waals surface area contributed by atoms with E-state index in [4.69, 9.17) is 16.3 Å². The van der Waals surface area contributed by atoms with Crippen molar-refractivity contribution >= 4 is 29.4 Å². The Bertz CT molecular complexity index is 1930. The van der Waals surface area contributed by atoms with Crippen LogP contribution in [0.2, 0.25) is 5.02 Å². The van der Waals surface area contributed by atoms with Crippen LogP contribution in [0.1, 0.15) is 91.3 Å². The van der Waals surface area contributed by atoms with E-state index in [9.17, 15) is 37.5 Å². The van der Waals surface area contributed by atoms with E-state index in [1.165, 1.54) is 13.0 Å². The highest BCUT2D eigenvalue weighted by Crippen LogP contribution is 2.35. The minimum absolute atomic E-state index is 0.00724. The van der Waals surface area contributed by atoms with Crippen molar-refractivity contribution in [3.63, 3.8) is 0 Å². The average molecular weight is 793 g/mol. The Kier molecular flexibility index (Phi) is 14.3. The number of nitrogens with one attached hydrogen (secondary N) is 2. The Morgan fingerprint density at radius 3 is 2.15 bits per heavy atom. The molecule has 55 heavy (non-hydrogen) atoms. The lowest BCUT2D eigenvalue weighted by molar-refractivity contribution is -0.144. The SMILES string of the molecule is Cc1cc(-c2c(C)cc(Cl)cc2C)cc([C@H](CC(=O)O)NC(=O)[C@H](CC(C)C)NC(=O)c2ccc(C(F)(F)F)n(CCCN3C[C@@H](C)O[C@@H](C)C3)c2=O)c1F. The van der Waals surface area contributed by atoms with Gasteiger partial charge in [0, 0.05) is 36.8 Å². The zero-order valence-electron chi connectivity index (χ0n) is 32.1. The molecule has 3 aromatic rings. The summed E-state index contributed by atoms with van der Waals surface area (Å²) in [5.74, 6) is -4.24. The molecule has 15 heteroatoms. The first-order chi connectivity index (χ1) is 25.7. The van der Waals surface area contributed by atoms with E-state index in [1.54, 1.807) is 32.0 Å². The van der Waals surface area contributed by atoms with E-state index in [2.05, 4.69) is 10.6 Å². The number of carbonyl (C=O) groups excluding carboxylic acids is 2. The number of ether oxygens (including phenoxy) is 1. The standard InChI is InChI=1S/C40H49ClF4N4O6/c1-21(2)13-32(38(53)46-31(18-34(50)51)30-17-27(14-24(5)36(30)42)35-22(3)15-28(41)16-23(35)4)47-37(52)29-9-10-33(40(43,44)45)49(39(29)54)12-8-11-48-19-25(6)55-26(7)20-48/h9-10,14-17,21,25-26,31-32H,8,11-13,18-20H2,1-7H3,(H,46,53)(H,47,52)(H,50,51)/t25-,26+,31-,32-/m0/s1. The molecule has 300 valence electrons. The summed E-state index contributed by atoms with van der Waals surface area (Å²) in [5, 5.41) is 15.4. The molecule has 1 aliphatic heterocycles. The summed E-state index contributed by atoms with van der Waals surface area (Å²) in [6.07, 6.45) is -5.52. The number of amides is 2. The number of alkyl halides is 3. The van der Waals surface area contributed by atoms with E-state index in [0.717, 1.165) is 22.8 Å². The number of benzene rings is 2. The maximum absolute atomic E-state index is 15.8. The Hall–Kier alpha value is -4.27. The minimum atomic E-state index is -4.88. The van der Waals surface area contributed by atoms with Gasteiger partial charge in [0.05, 0.1) is 24.7 Å². The summed E-state index contributed by atoms with van der Waals surface area (Å²) < 4.78 is 64.3. The van der Waals surface area contributed by atoms with Gasteiger partial charge < -0.3 is 25.0 Å². The average Bonchev–Trinajstić information content (AvgIpc) is 3.04. The van der Waals surface area contributed by atoms with Crippen molar-refractivity contribution in [1.82, 2.24) is 20.1 Å². The summed E-state index contributed by atoms with van der Waals surface area (Å²) in [6.45, 7) is 13.7. The topological polar surface area (TPSA) is 130 Å². The van der Waals surface area contributed by atoms with Crippen LogP contribution in [0.25, 0.3) is 11.1 Å². The summed E-state index contributed by atoms with van der Waals surface area (Å²) in [5.41, 5.74) is 0.0319. The number of morpholine rings is 1. The molecule has 2 amide bonds. The number of aliphatic carboxylic acids is 1. The maximum Gasteiger partial charge on any atom is 0.431 e. The van der Waals surface area contributed by atoms with Gasteiger partial charge in [-0.15, -0.1) is 0 Å². The van der Waals surface area contributed by atoms with Gasteiger partial charge in [0.25, 0.3) is 11.5 Å². The van der Waals surface area contributed by atoms with Crippen LogP contribution in [0.3, 0.4) is 0 Å². The molecule has 0 saturated carbocycles. The third-order valence-electron chi connectivity index (χ3n) is 9.53. The van der Waals surface area contributed by atoms with Crippen LogP contribution in [0.5, 0.6) is 0 Å². The Morgan fingerprint density at radius 1 is 0.964 bits per heavy atom. The number of aromatic nitrogens is 1. The monoisotopic (exact) mass is 792 g/mol. The normalized spacial score (nSPS) is 17.5. The molecule has 0 aliphatic carbocycles. The molecule has 0 bridgehead atoms. The van der Waals surface area contributed by atoms with Crippen molar-refractivity contribution in [2.45, 2.75) is 105 Å². The molecule has 2 heterocycles. The van der Waals surface area contributed by atoms with Crippen molar-refractivity contribution in [1.29, 1.82) is 0 Å². The van der Waals surface area contributed by atoms with Crippen LogP contribution < -0.4 is 16.2 Å². The van der Waals surface area contributed by atoms with Gasteiger partial charge in [0.15, 0.2) is 0 Å². The van der Waals surface area contributed by atoms with Crippen LogP contribution in [0.4, 0.5) is 17.6 Å². The number of halogens is 5. The molecule has 1 fully saturated rings. The maximum atomic E-state index is 15.8. The van der Waals surface area contributed by atoms with Gasteiger partial charge in [0.2, 0.25) is 5.91 Å². The second-order valence-corrected chi connectivity index (χ2v) is 15.3. The van der Waals surface area contributed by atoms with Gasteiger partial charge in [-0.05, 0) is 118 Å². The lowest BCUT2D eigenvalue weighted by atomic mass is 9.90. The van der Waals surface area contributed by atoms with E-state index in [1.807, 2.05) is 32.6 Å². The van der Waals surface area contributed by atoms with Crippen molar-refractivity contribution in [2.24, 2.45) is 5.92 Å². The van der Waals surface area contributed by atoms with E-state index in [0.29, 0.717) is 40.9 Å². The van der Waals surface area contributed by atoms with E-state index >= 15 is 4.39 Å². The third-order valence-corrected chi connectivity index (χ3v) is 9.75. The first-order valence-electron chi connectivity index (χ1n) is 18.2. The fourth-order valence-corrected chi connectivity index (χ4v) is 7.65. The van der Waals surface area contributed by atoms with Crippen LogP contribution in [0.15, 0.2) is 41.2 Å². The highest BCUT2D eigenvalue weighted by Gasteiger charge is 2.36. The number of carbonyl (C=O) groups is 3. The molecular weight excluding hydrogens is 744 g/mol. The molecule has 1 aliphatic rings. The predicted molar refractivity (Wildman–Crippen MR) is 202 cm³/mol. The smallest absolute Gasteiger partial charge is 0.431 e. The predicted octanol–water partition coefficient (Wildman–Crippen LogP) is 7.23. The molecule has 10 nitrogen and oxygen atoms in total. The first kappa shape index (κ1) is 43.5. The molecule has 4 rings (SSSR count). The largest absolute Gasteiger partial charge is 0.481 e. The number of carboxylic acids is 1. The summed E-state index contributed by atoms with van der Waals surface area (Å²) >= 11 is 6.23. The van der Waals surface area contributed by atoms with Crippen LogP contribution >= 0.6 is 11.6 Å². The molecule has 0 radical (unpaired) electrons. The highest BCUT2D eigenvalue weighted by atomic mass is 35.5. The second kappa shape index (κ2) is 18.1. The van der Waals surface area contributed by atoms with Gasteiger partial charge in [-0.1, -0.05) is 25.4 Å². The molecule has 4 atom stereocenters. The van der Waals surface area contributed by atoms with Gasteiger partial charge in [-0.2, -0.15) is 13.2 Å². The van der Waals surface area contributed by atoms with Crippen LogP contribution in [-0.2, 0) is 27.0 Å². The van der Waals surface area contributed by atoms with Crippen molar-refractivity contribution in [3.8, 4) is 11.1 Å². The molecule has 1 saturated heterocycles. The molecule has 0 unspecified atom stereocenters. The second-order valence-electron chi connectivity index (χ2n) is 14.9. The quantitative estimate of drug-likeness (QED) is 0.147. The van der Waals surface area contributed by atoms with E-state index < -0.39 is 65.1 Å². The number of rotatable bonds is 14. The third kappa shape index (κ3) is 11.2. The molecule has 2 aromatic carbocycles. The summed E-state index contributed by atoms with van der Waals surface area (Å²) in [4.78, 5) is 55.2. The fraction of sp³-hybridized carbons (Fsp3) is 0.500. The Labute approximate surface area is 323 Å². The number of aryl methyl sites for hydroxylation is 3. The highest BCUT2D eigenvalue weighted by molar-refractivity contribution is 6.30. The number of pyridine rings is 1. The van der Waals surface area contributed by atoms with Crippen LogP contribution in [-0.4, -0.2) is 70.2 Å². The van der Waals surface area contributed by atoms with E-state index in [-0.39, 0.29) is 48.6 Å². The zero-order chi connectivity index (χ0) is 40.9. The van der Waals surface area contributed by atoms with Crippen molar-refractivity contribution in [2.75, 3.05) is 19.6 Å². The summed E-state index contributed by atoms with van der Waals surface area (Å²) in [6, 6.07) is 5.28. The Balaban J connectivity index is 1.63. The van der Waals surface area contributed by atoms with Gasteiger partial charge in [-0.3, -0.25) is 24.1 Å². The van der Waals surface area contributed by atoms with Gasteiger partial charge >= 0.3 is 12.1 Å². The van der Waals surface area contributed by atoms with Crippen molar-refractivity contribution < 1.29 is 41.8 Å². The number of hydrogen-bond acceptors (Lipinski definition) is 6. The number of carboxylic acid groups (broad SMARTS) is 1. The lowest BCUT2D eigenvalue weighted by Gasteiger charge is -2.35. The number of hydrogen-bond donors (Lipinski definition) is 3. The Morgan fingerprint density at radius 2 is 1.58 bits per heavy atom. The van der Waals surface area contributed by atoms with Crippen LogP contribution in [0, 0.1) is 32.5 Å². The number of nitrogens with zero attached hydrogens (tertiary/aromatic N) is 2.